The highest BCUT2D eigenvalue weighted by molar-refractivity contribution is 7.89. The molecule has 2 fully saturated rings. The maximum Gasteiger partial charge on any atom is 0.244 e. The summed E-state index contributed by atoms with van der Waals surface area (Å²) < 4.78 is 39.1. The van der Waals surface area contributed by atoms with E-state index < -0.39 is 21.4 Å². The predicted octanol–water partition coefficient (Wildman–Crippen LogP) is 1.21. The van der Waals surface area contributed by atoms with Crippen molar-refractivity contribution < 1.29 is 17.9 Å². The molecule has 1 aromatic carbocycles. The van der Waals surface area contributed by atoms with Crippen LogP contribution in [0.5, 0.6) is 0 Å². The molecule has 0 unspecified atom stereocenters. The molecule has 8 heteroatoms. The van der Waals surface area contributed by atoms with Gasteiger partial charge in [-0.05, 0) is 30.9 Å². The number of benzene rings is 1. The Morgan fingerprint density at radius 2 is 2.00 bits per heavy atom. The third kappa shape index (κ3) is 2.09. The third-order valence-electron chi connectivity index (χ3n) is 3.91. The fourth-order valence-electron chi connectivity index (χ4n) is 2.49. The van der Waals surface area contributed by atoms with Crippen molar-refractivity contribution >= 4 is 27.3 Å². The monoisotopic (exact) mass is 320 g/mol. The average Bonchev–Trinajstić information content (AvgIpc) is 3.13. The minimum Gasteiger partial charge on any atom is -0.396 e. The van der Waals surface area contributed by atoms with Crippen LogP contribution in [0, 0.1) is 11.7 Å². The van der Waals surface area contributed by atoms with E-state index in [2.05, 4.69) is 0 Å². The molecule has 1 aromatic rings. The van der Waals surface area contributed by atoms with Crippen molar-refractivity contribution in [3.63, 3.8) is 0 Å². The molecule has 0 bridgehead atoms. The largest absolute Gasteiger partial charge is 0.396 e. The van der Waals surface area contributed by atoms with Crippen LogP contribution in [0.1, 0.15) is 12.8 Å². The number of aliphatic hydroxyl groups is 1. The average molecular weight is 321 g/mol. The number of anilines is 1. The summed E-state index contributed by atoms with van der Waals surface area (Å²) in [5.74, 6) is -0.574. The minimum atomic E-state index is -3.85. The summed E-state index contributed by atoms with van der Waals surface area (Å²) in [6, 6.07) is 1.90. The van der Waals surface area contributed by atoms with Gasteiger partial charge in [0.2, 0.25) is 10.0 Å². The fourth-order valence-corrected chi connectivity index (χ4v) is 4.58. The predicted molar refractivity (Wildman–Crippen MR) is 72.3 cm³/mol. The highest BCUT2D eigenvalue weighted by Gasteiger charge is 2.55. The zero-order chi connectivity index (χ0) is 14.7. The first-order valence-electron chi connectivity index (χ1n) is 6.21. The highest BCUT2D eigenvalue weighted by Crippen LogP contribution is 2.46. The summed E-state index contributed by atoms with van der Waals surface area (Å²) in [6.07, 6.45) is 1.85. The molecule has 110 valence electrons. The molecule has 2 aliphatic rings. The van der Waals surface area contributed by atoms with E-state index in [0.29, 0.717) is 0 Å². The minimum absolute atomic E-state index is 0.0492. The van der Waals surface area contributed by atoms with Gasteiger partial charge in [-0.15, -0.1) is 0 Å². The van der Waals surface area contributed by atoms with Gasteiger partial charge in [0.1, 0.15) is 10.7 Å². The first kappa shape index (κ1) is 14.1. The van der Waals surface area contributed by atoms with Gasteiger partial charge in [-0.1, -0.05) is 11.6 Å². The van der Waals surface area contributed by atoms with Crippen LogP contribution in [0.2, 0.25) is 5.02 Å². The van der Waals surface area contributed by atoms with E-state index in [1.807, 2.05) is 0 Å². The second-order valence-electron chi connectivity index (χ2n) is 5.46. The maximum absolute atomic E-state index is 13.2. The Balaban J connectivity index is 1.88. The van der Waals surface area contributed by atoms with E-state index in [9.17, 15) is 17.9 Å². The molecule has 0 radical (unpaired) electrons. The Kier molecular flexibility index (Phi) is 3.02. The van der Waals surface area contributed by atoms with Crippen molar-refractivity contribution in [1.29, 1.82) is 0 Å². The van der Waals surface area contributed by atoms with E-state index in [4.69, 9.17) is 17.3 Å². The van der Waals surface area contributed by atoms with Crippen molar-refractivity contribution in [3.8, 4) is 0 Å². The van der Waals surface area contributed by atoms with Gasteiger partial charge in [-0.3, -0.25) is 0 Å². The first-order chi connectivity index (χ1) is 9.24. The molecule has 3 N–H and O–H groups in total. The molecule has 0 spiro atoms. The number of rotatable bonds is 3. The molecule has 1 aliphatic heterocycles. The summed E-state index contributed by atoms with van der Waals surface area (Å²) in [5.41, 5.74) is 4.19. The molecule has 0 amide bonds. The van der Waals surface area contributed by atoms with Crippen LogP contribution < -0.4 is 5.73 Å². The smallest absolute Gasteiger partial charge is 0.244 e. The standard InChI is InChI=1S/C12H14ClFN2O3S/c13-8-3-9(14)10(15)4-11(8)20(18,19)16-5-12(17,6-16)7-1-2-7/h3-4,7,17H,1-2,5-6,15H2. The lowest BCUT2D eigenvalue weighted by atomic mass is 9.91. The zero-order valence-electron chi connectivity index (χ0n) is 10.5. The van der Waals surface area contributed by atoms with Gasteiger partial charge in [0, 0.05) is 13.1 Å². The van der Waals surface area contributed by atoms with Crippen LogP contribution in [0.3, 0.4) is 0 Å². The molecule has 20 heavy (non-hydrogen) atoms. The molecule has 3 rings (SSSR count). The van der Waals surface area contributed by atoms with E-state index in [1.165, 1.54) is 0 Å². The molecule has 5 nitrogen and oxygen atoms in total. The van der Waals surface area contributed by atoms with Crippen LogP contribution in [-0.2, 0) is 10.0 Å². The van der Waals surface area contributed by atoms with Crippen LogP contribution in [-0.4, -0.2) is 36.5 Å². The summed E-state index contributed by atoms with van der Waals surface area (Å²) in [4.78, 5) is -0.226. The second kappa shape index (κ2) is 4.30. The lowest BCUT2D eigenvalue weighted by molar-refractivity contribution is -0.0764. The van der Waals surface area contributed by atoms with Gasteiger partial charge >= 0.3 is 0 Å². The quantitative estimate of drug-likeness (QED) is 0.820. The number of nitrogens with zero attached hydrogens (tertiary/aromatic N) is 1. The van der Waals surface area contributed by atoms with Crippen molar-refractivity contribution in [3.05, 3.63) is 23.0 Å². The number of nitrogens with two attached hydrogens (primary N) is 1. The molecule has 0 atom stereocenters. The summed E-state index contributed by atoms with van der Waals surface area (Å²) >= 11 is 5.79. The molecule has 0 aromatic heterocycles. The number of hydrogen-bond donors (Lipinski definition) is 2. The van der Waals surface area contributed by atoms with E-state index >= 15 is 0 Å². The van der Waals surface area contributed by atoms with Crippen molar-refractivity contribution in [2.45, 2.75) is 23.3 Å². The third-order valence-corrected chi connectivity index (χ3v) is 6.16. The number of halogens is 2. The molecule has 1 heterocycles. The topological polar surface area (TPSA) is 83.6 Å². The Hall–Kier alpha value is -0.890. The Morgan fingerprint density at radius 3 is 2.55 bits per heavy atom. The molecular formula is C12H14ClFN2O3S. The van der Waals surface area contributed by atoms with Crippen molar-refractivity contribution in [2.24, 2.45) is 5.92 Å². The van der Waals surface area contributed by atoms with Gasteiger partial charge in [0.15, 0.2) is 0 Å². The molecular weight excluding hydrogens is 307 g/mol. The number of nitrogen functional groups attached to an aromatic ring is 1. The SMILES string of the molecule is Nc1cc(S(=O)(=O)N2CC(O)(C3CC3)C2)c(Cl)cc1F. The number of hydrogen-bond acceptors (Lipinski definition) is 4. The normalized spacial score (nSPS) is 22.6. The first-order valence-corrected chi connectivity index (χ1v) is 8.03. The Morgan fingerprint density at radius 1 is 1.40 bits per heavy atom. The zero-order valence-corrected chi connectivity index (χ0v) is 12.1. The van der Waals surface area contributed by atoms with Crippen molar-refractivity contribution in [2.75, 3.05) is 18.8 Å². The van der Waals surface area contributed by atoms with E-state index in [1.54, 1.807) is 0 Å². The van der Waals surface area contributed by atoms with Gasteiger partial charge in [0.05, 0.1) is 16.3 Å². The summed E-state index contributed by atoms with van der Waals surface area (Å²) in [7, 11) is -3.85. The summed E-state index contributed by atoms with van der Waals surface area (Å²) in [6.45, 7) is 0.0984. The van der Waals surface area contributed by atoms with Crippen molar-refractivity contribution in [1.82, 2.24) is 4.31 Å². The van der Waals surface area contributed by atoms with Crippen LogP contribution >= 0.6 is 11.6 Å². The Bertz CT molecular complexity index is 670. The van der Waals surface area contributed by atoms with E-state index in [-0.39, 0.29) is 34.6 Å². The molecule has 1 saturated carbocycles. The lowest BCUT2D eigenvalue weighted by Crippen LogP contribution is -2.64. The molecule has 1 aliphatic carbocycles. The van der Waals surface area contributed by atoms with Gasteiger partial charge in [0.25, 0.3) is 0 Å². The van der Waals surface area contributed by atoms with Crippen LogP contribution in [0.25, 0.3) is 0 Å². The van der Waals surface area contributed by atoms with Crippen LogP contribution in [0.4, 0.5) is 10.1 Å². The second-order valence-corrected chi connectivity index (χ2v) is 7.77. The maximum atomic E-state index is 13.2. The van der Waals surface area contributed by atoms with Gasteiger partial charge in [-0.25, -0.2) is 12.8 Å². The number of β-amino-alcohol motifs (C(OH)–C–C–N with tert-alkyl or cyclic N) is 1. The fraction of sp³-hybridized carbons (Fsp3) is 0.500. The number of sulfonamides is 1. The van der Waals surface area contributed by atoms with Gasteiger partial charge in [-0.2, -0.15) is 4.31 Å². The van der Waals surface area contributed by atoms with Gasteiger partial charge < -0.3 is 10.8 Å². The summed E-state index contributed by atoms with van der Waals surface area (Å²) in [5, 5.41) is 9.96. The highest BCUT2D eigenvalue weighted by atomic mass is 35.5. The van der Waals surface area contributed by atoms with Crippen LogP contribution in [0.15, 0.2) is 17.0 Å². The molecule has 1 saturated heterocycles. The lowest BCUT2D eigenvalue weighted by Gasteiger charge is -2.45. The van der Waals surface area contributed by atoms with E-state index in [0.717, 1.165) is 29.3 Å². The Labute approximate surface area is 121 Å².